The van der Waals surface area contributed by atoms with Gasteiger partial charge >= 0.3 is 0 Å². The Hall–Kier alpha value is -1.44. The van der Waals surface area contributed by atoms with Crippen molar-refractivity contribution in [1.29, 1.82) is 0 Å². The average Bonchev–Trinajstić information content (AvgIpc) is 2.86. The molecular weight excluding hydrogens is 320 g/mol. The topological polar surface area (TPSA) is 68.3 Å². The van der Waals surface area contributed by atoms with Crippen LogP contribution in [0.4, 0.5) is 0 Å². The van der Waals surface area contributed by atoms with E-state index in [-0.39, 0.29) is 4.90 Å². The fourth-order valence-electron chi connectivity index (χ4n) is 2.08. The van der Waals surface area contributed by atoms with Gasteiger partial charge in [-0.3, -0.25) is 0 Å². The number of ether oxygens (including phenoxy) is 1. The Labute approximate surface area is 135 Å². The highest BCUT2D eigenvalue weighted by Crippen LogP contribution is 2.27. The van der Waals surface area contributed by atoms with E-state index in [9.17, 15) is 8.42 Å². The summed E-state index contributed by atoms with van der Waals surface area (Å²) in [6.07, 6.45) is 0.628. The van der Waals surface area contributed by atoms with Crippen molar-refractivity contribution in [2.45, 2.75) is 32.1 Å². The molecule has 22 heavy (non-hydrogen) atoms. The average molecular weight is 340 g/mol. The highest BCUT2D eigenvalue weighted by Gasteiger charge is 2.20. The molecule has 0 aliphatic carbocycles. The van der Waals surface area contributed by atoms with Crippen LogP contribution in [0, 0.1) is 20.8 Å². The Morgan fingerprint density at radius 3 is 2.50 bits per heavy atom. The summed E-state index contributed by atoms with van der Waals surface area (Å²) in [5.41, 5.74) is 4.63. The van der Waals surface area contributed by atoms with Gasteiger partial charge in [0, 0.05) is 11.4 Å². The summed E-state index contributed by atoms with van der Waals surface area (Å²) in [6.45, 7) is 6.07. The lowest BCUT2D eigenvalue weighted by molar-refractivity contribution is 0.402. The van der Waals surface area contributed by atoms with E-state index in [0.29, 0.717) is 18.7 Å². The van der Waals surface area contributed by atoms with Crippen LogP contribution in [0.2, 0.25) is 0 Å². The molecule has 0 spiro atoms. The van der Waals surface area contributed by atoms with Crippen molar-refractivity contribution in [2.24, 2.45) is 0 Å². The van der Waals surface area contributed by atoms with Crippen molar-refractivity contribution in [3.05, 3.63) is 39.3 Å². The van der Waals surface area contributed by atoms with Gasteiger partial charge in [-0.05, 0) is 50.5 Å². The molecule has 0 saturated heterocycles. The van der Waals surface area contributed by atoms with E-state index in [1.165, 1.54) is 18.4 Å². The van der Waals surface area contributed by atoms with Crippen molar-refractivity contribution in [3.63, 3.8) is 0 Å². The van der Waals surface area contributed by atoms with Gasteiger partial charge < -0.3 is 4.74 Å². The molecule has 2 rings (SSSR count). The summed E-state index contributed by atoms with van der Waals surface area (Å²) >= 11 is 1.54. The van der Waals surface area contributed by atoms with Gasteiger partial charge in [0.05, 0.1) is 18.3 Å². The molecule has 1 aromatic heterocycles. The first kappa shape index (κ1) is 16.9. The number of nitrogens with zero attached hydrogens (tertiary/aromatic N) is 1. The molecule has 0 saturated carbocycles. The molecule has 0 aliphatic heterocycles. The zero-order valence-corrected chi connectivity index (χ0v) is 14.8. The Morgan fingerprint density at radius 1 is 1.23 bits per heavy atom. The Kier molecular flexibility index (Phi) is 5.20. The van der Waals surface area contributed by atoms with Gasteiger partial charge in [0.25, 0.3) is 0 Å². The van der Waals surface area contributed by atoms with Gasteiger partial charge in [0.2, 0.25) is 10.0 Å². The fraction of sp³-hybridized carbons (Fsp3) is 0.400. The Balaban J connectivity index is 2.16. The molecule has 2 aromatic rings. The monoisotopic (exact) mass is 340 g/mol. The zero-order chi connectivity index (χ0) is 16.3. The minimum Gasteiger partial charge on any atom is -0.495 e. The smallest absolute Gasteiger partial charge is 0.244 e. The summed E-state index contributed by atoms with van der Waals surface area (Å²) in [7, 11) is -2.12. The molecule has 0 aliphatic rings. The highest BCUT2D eigenvalue weighted by atomic mass is 32.2. The van der Waals surface area contributed by atoms with Gasteiger partial charge in [0.15, 0.2) is 0 Å². The van der Waals surface area contributed by atoms with E-state index in [1.807, 2.05) is 20.8 Å². The molecule has 5 nitrogen and oxygen atoms in total. The summed E-state index contributed by atoms with van der Waals surface area (Å²) < 4.78 is 32.8. The molecule has 0 amide bonds. The highest BCUT2D eigenvalue weighted by molar-refractivity contribution is 7.89. The maximum absolute atomic E-state index is 12.5. The van der Waals surface area contributed by atoms with Crippen LogP contribution in [0.5, 0.6) is 5.75 Å². The second-order valence-corrected chi connectivity index (χ2v) is 7.77. The number of hydrogen-bond acceptors (Lipinski definition) is 5. The second-order valence-electron chi connectivity index (χ2n) is 5.10. The van der Waals surface area contributed by atoms with Crippen LogP contribution >= 0.6 is 11.3 Å². The van der Waals surface area contributed by atoms with Crippen molar-refractivity contribution >= 4 is 21.4 Å². The lowest BCUT2D eigenvalue weighted by Gasteiger charge is -2.13. The van der Waals surface area contributed by atoms with Gasteiger partial charge in [-0.25, -0.2) is 18.1 Å². The third-order valence-electron chi connectivity index (χ3n) is 3.56. The Bertz CT molecular complexity index is 767. The summed E-state index contributed by atoms with van der Waals surface area (Å²) in [4.78, 5) is 5.43. The van der Waals surface area contributed by atoms with Crippen LogP contribution in [0.3, 0.4) is 0 Å². The number of methoxy groups -OCH3 is 1. The number of aryl methyl sites for hydroxylation is 3. The van der Waals surface area contributed by atoms with Gasteiger partial charge in [-0.15, -0.1) is 11.3 Å². The third-order valence-corrected chi connectivity index (χ3v) is 6.04. The van der Waals surface area contributed by atoms with Gasteiger partial charge in [-0.1, -0.05) is 0 Å². The van der Waals surface area contributed by atoms with Crippen LogP contribution < -0.4 is 9.46 Å². The lowest BCUT2D eigenvalue weighted by Crippen LogP contribution is -2.26. The second kappa shape index (κ2) is 6.76. The van der Waals surface area contributed by atoms with E-state index >= 15 is 0 Å². The molecule has 0 bridgehead atoms. The van der Waals surface area contributed by atoms with Crippen molar-refractivity contribution in [3.8, 4) is 5.75 Å². The minimum atomic E-state index is -3.60. The predicted molar refractivity (Wildman–Crippen MR) is 88.2 cm³/mol. The summed E-state index contributed by atoms with van der Waals surface area (Å²) in [5.74, 6) is 0.365. The number of thiazole rings is 1. The van der Waals surface area contributed by atoms with Crippen LogP contribution in [0.1, 0.15) is 21.7 Å². The van der Waals surface area contributed by atoms with Crippen molar-refractivity contribution in [1.82, 2.24) is 9.71 Å². The summed E-state index contributed by atoms with van der Waals surface area (Å²) in [6, 6.07) is 3.39. The van der Waals surface area contributed by atoms with Crippen LogP contribution in [0.15, 0.2) is 22.5 Å². The fourth-order valence-corrected chi connectivity index (χ4v) is 4.12. The molecule has 7 heteroatoms. The SMILES string of the molecule is COc1cc(C)c(C)cc1S(=O)(=O)NCCc1scnc1C. The lowest BCUT2D eigenvalue weighted by atomic mass is 10.1. The van der Waals surface area contributed by atoms with Crippen LogP contribution in [0.25, 0.3) is 0 Å². The minimum absolute atomic E-state index is 0.180. The molecule has 1 N–H and O–H groups in total. The Morgan fingerprint density at radius 2 is 1.91 bits per heavy atom. The molecule has 0 radical (unpaired) electrons. The molecular formula is C15H20N2O3S2. The van der Waals surface area contributed by atoms with E-state index in [1.54, 1.807) is 17.6 Å². The first-order valence-corrected chi connectivity index (χ1v) is 9.25. The number of sulfonamides is 1. The number of rotatable bonds is 6. The van der Waals surface area contributed by atoms with Crippen molar-refractivity contribution < 1.29 is 13.2 Å². The largest absolute Gasteiger partial charge is 0.495 e. The maximum atomic E-state index is 12.5. The number of benzene rings is 1. The van der Waals surface area contributed by atoms with Gasteiger partial charge in [-0.2, -0.15) is 0 Å². The zero-order valence-electron chi connectivity index (χ0n) is 13.1. The van der Waals surface area contributed by atoms with E-state index in [0.717, 1.165) is 21.7 Å². The summed E-state index contributed by atoms with van der Waals surface area (Å²) in [5, 5.41) is 0. The van der Waals surface area contributed by atoms with Gasteiger partial charge in [0.1, 0.15) is 10.6 Å². The molecule has 1 aromatic carbocycles. The molecule has 1 heterocycles. The maximum Gasteiger partial charge on any atom is 0.244 e. The molecule has 0 unspecified atom stereocenters. The normalized spacial score (nSPS) is 11.6. The van der Waals surface area contributed by atoms with E-state index < -0.39 is 10.0 Å². The third kappa shape index (κ3) is 3.66. The van der Waals surface area contributed by atoms with E-state index in [4.69, 9.17) is 4.74 Å². The first-order valence-electron chi connectivity index (χ1n) is 6.89. The number of nitrogens with one attached hydrogen (secondary N) is 1. The number of hydrogen-bond donors (Lipinski definition) is 1. The standard InChI is InChI=1S/C15H20N2O3S2/c1-10-7-13(20-4)15(8-11(10)2)22(18,19)17-6-5-14-12(3)16-9-21-14/h7-9,17H,5-6H2,1-4H3. The first-order chi connectivity index (χ1) is 10.3. The molecule has 0 atom stereocenters. The predicted octanol–water partition coefficient (Wildman–Crippen LogP) is 2.60. The van der Waals surface area contributed by atoms with Crippen molar-refractivity contribution in [2.75, 3.05) is 13.7 Å². The number of aromatic nitrogens is 1. The van der Waals surface area contributed by atoms with E-state index in [2.05, 4.69) is 9.71 Å². The van der Waals surface area contributed by atoms with Crippen LogP contribution in [-0.2, 0) is 16.4 Å². The molecule has 120 valence electrons. The molecule has 0 fully saturated rings. The van der Waals surface area contributed by atoms with Crippen LogP contribution in [-0.4, -0.2) is 27.1 Å². The quantitative estimate of drug-likeness (QED) is 0.878.